The largest absolute Gasteiger partial charge is 0.497 e. The van der Waals surface area contributed by atoms with Crippen LogP contribution < -0.4 is 15.0 Å². The van der Waals surface area contributed by atoms with E-state index in [9.17, 15) is 14.0 Å². The number of amides is 2. The number of carbonyl (C=O) groups is 2. The highest BCUT2D eigenvalue weighted by Crippen LogP contribution is 2.36. The Morgan fingerprint density at radius 2 is 1.93 bits per heavy atom. The second-order valence-corrected chi connectivity index (χ2v) is 7.78. The third kappa shape index (κ3) is 3.89. The van der Waals surface area contributed by atoms with E-state index < -0.39 is 5.41 Å². The number of ether oxygens (including phenoxy) is 2. The van der Waals surface area contributed by atoms with Crippen LogP contribution in [0.25, 0.3) is 0 Å². The van der Waals surface area contributed by atoms with Crippen LogP contribution in [0.2, 0.25) is 0 Å². The fraction of sp³-hybridized carbons (Fsp3) is 0.391. The van der Waals surface area contributed by atoms with Gasteiger partial charge in [0.1, 0.15) is 11.6 Å². The van der Waals surface area contributed by atoms with Crippen LogP contribution in [0, 0.1) is 5.82 Å². The molecule has 2 aliphatic rings. The van der Waals surface area contributed by atoms with Crippen LogP contribution in [0.15, 0.2) is 48.5 Å². The van der Waals surface area contributed by atoms with Crippen molar-refractivity contribution in [1.82, 2.24) is 5.32 Å². The van der Waals surface area contributed by atoms with Gasteiger partial charge < -0.3 is 19.7 Å². The van der Waals surface area contributed by atoms with E-state index in [0.717, 1.165) is 5.69 Å². The number of benzene rings is 2. The lowest BCUT2D eigenvalue weighted by atomic mass is 9.73. The number of halogens is 1. The van der Waals surface area contributed by atoms with E-state index in [2.05, 4.69) is 5.32 Å². The van der Waals surface area contributed by atoms with Crippen molar-refractivity contribution >= 4 is 17.5 Å². The first kappa shape index (κ1) is 20.3. The van der Waals surface area contributed by atoms with Gasteiger partial charge in [-0.15, -0.1) is 0 Å². The predicted molar refractivity (Wildman–Crippen MR) is 110 cm³/mol. The summed E-state index contributed by atoms with van der Waals surface area (Å²) in [6.07, 6.45) is 1.18. The van der Waals surface area contributed by atoms with Crippen LogP contribution in [-0.4, -0.2) is 44.7 Å². The second-order valence-electron chi connectivity index (χ2n) is 7.78. The molecule has 2 saturated heterocycles. The minimum atomic E-state index is -0.850. The maximum Gasteiger partial charge on any atom is 0.231 e. The van der Waals surface area contributed by atoms with Crippen molar-refractivity contribution in [2.24, 2.45) is 0 Å². The van der Waals surface area contributed by atoms with Gasteiger partial charge in [0.25, 0.3) is 0 Å². The molecule has 0 saturated carbocycles. The number of hydrogen-bond donors (Lipinski definition) is 1. The highest BCUT2D eigenvalue weighted by molar-refractivity contribution is 5.97. The van der Waals surface area contributed by atoms with Gasteiger partial charge in [-0.3, -0.25) is 9.59 Å². The van der Waals surface area contributed by atoms with Gasteiger partial charge in [0, 0.05) is 31.9 Å². The van der Waals surface area contributed by atoms with Gasteiger partial charge in [-0.05, 0) is 54.8 Å². The average molecular weight is 412 g/mol. The summed E-state index contributed by atoms with van der Waals surface area (Å²) in [4.78, 5) is 27.6. The molecule has 0 bridgehead atoms. The van der Waals surface area contributed by atoms with Crippen LogP contribution in [0.5, 0.6) is 5.75 Å². The van der Waals surface area contributed by atoms with E-state index in [4.69, 9.17) is 9.47 Å². The van der Waals surface area contributed by atoms with E-state index >= 15 is 0 Å². The van der Waals surface area contributed by atoms with Crippen molar-refractivity contribution < 1.29 is 23.5 Å². The van der Waals surface area contributed by atoms with Crippen molar-refractivity contribution in [2.45, 2.75) is 30.7 Å². The molecule has 0 unspecified atom stereocenters. The van der Waals surface area contributed by atoms with Crippen LogP contribution in [0.3, 0.4) is 0 Å². The summed E-state index contributed by atoms with van der Waals surface area (Å²) in [6, 6.07) is 13.2. The highest BCUT2D eigenvalue weighted by Gasteiger charge is 2.44. The number of anilines is 1. The molecule has 2 aromatic rings. The molecule has 158 valence electrons. The monoisotopic (exact) mass is 412 g/mol. The molecule has 2 fully saturated rings. The summed E-state index contributed by atoms with van der Waals surface area (Å²) in [5.41, 5.74) is 0.569. The molecule has 2 aliphatic heterocycles. The third-order valence-corrected chi connectivity index (χ3v) is 6.00. The smallest absolute Gasteiger partial charge is 0.231 e. The fourth-order valence-corrected chi connectivity index (χ4v) is 4.29. The van der Waals surface area contributed by atoms with Gasteiger partial charge in [0.15, 0.2) is 0 Å². The van der Waals surface area contributed by atoms with Crippen molar-refractivity contribution in [3.63, 3.8) is 0 Å². The molecule has 7 heteroatoms. The fourth-order valence-electron chi connectivity index (χ4n) is 4.29. The Labute approximate surface area is 175 Å². The molecular formula is C23H25FN2O4. The van der Waals surface area contributed by atoms with Crippen molar-refractivity contribution in [1.29, 1.82) is 0 Å². The number of carbonyl (C=O) groups excluding carboxylic acids is 2. The molecule has 4 rings (SSSR count). The molecule has 2 heterocycles. The Morgan fingerprint density at radius 1 is 1.20 bits per heavy atom. The van der Waals surface area contributed by atoms with Gasteiger partial charge >= 0.3 is 0 Å². The molecule has 30 heavy (non-hydrogen) atoms. The first-order chi connectivity index (χ1) is 14.5. The van der Waals surface area contributed by atoms with E-state index in [1.54, 1.807) is 36.3 Å². The van der Waals surface area contributed by atoms with Gasteiger partial charge in [-0.2, -0.15) is 0 Å². The Kier molecular flexibility index (Phi) is 5.72. The van der Waals surface area contributed by atoms with Gasteiger partial charge in [0.05, 0.1) is 18.6 Å². The molecule has 6 nitrogen and oxygen atoms in total. The molecule has 2 aromatic carbocycles. The number of methoxy groups -OCH3 is 1. The van der Waals surface area contributed by atoms with Gasteiger partial charge in [-0.1, -0.05) is 12.1 Å². The normalized spacial score (nSPS) is 20.8. The maximum absolute atomic E-state index is 13.9. The van der Waals surface area contributed by atoms with E-state index in [1.165, 1.54) is 12.1 Å². The SMILES string of the molecule is COc1ccc(N2C[C@H](NC(=O)C3(c4cccc(F)c4)CCOCC3)CC2=O)cc1. The summed E-state index contributed by atoms with van der Waals surface area (Å²) in [7, 11) is 1.59. The Morgan fingerprint density at radius 3 is 2.60 bits per heavy atom. The Hall–Kier alpha value is -2.93. The first-order valence-electron chi connectivity index (χ1n) is 10.1. The molecule has 0 aliphatic carbocycles. The number of hydrogen-bond acceptors (Lipinski definition) is 4. The molecule has 0 spiro atoms. The van der Waals surface area contributed by atoms with E-state index in [-0.39, 0.29) is 30.1 Å². The maximum atomic E-state index is 13.9. The molecule has 1 N–H and O–H groups in total. The van der Waals surface area contributed by atoms with Crippen molar-refractivity contribution in [3.05, 3.63) is 59.9 Å². The summed E-state index contributed by atoms with van der Waals surface area (Å²) < 4.78 is 24.5. The van der Waals surface area contributed by atoms with Crippen LogP contribution in [0.4, 0.5) is 10.1 Å². The van der Waals surface area contributed by atoms with Crippen LogP contribution in [-0.2, 0) is 19.7 Å². The number of nitrogens with zero attached hydrogens (tertiary/aromatic N) is 1. The molecular weight excluding hydrogens is 387 g/mol. The van der Waals surface area contributed by atoms with E-state index in [0.29, 0.717) is 43.9 Å². The minimum Gasteiger partial charge on any atom is -0.497 e. The molecule has 0 aromatic heterocycles. The zero-order valence-electron chi connectivity index (χ0n) is 16.9. The first-order valence-corrected chi connectivity index (χ1v) is 10.1. The quantitative estimate of drug-likeness (QED) is 0.820. The van der Waals surface area contributed by atoms with Crippen molar-refractivity contribution in [3.8, 4) is 5.75 Å². The highest BCUT2D eigenvalue weighted by atomic mass is 19.1. The second kappa shape index (κ2) is 8.44. The molecule has 0 radical (unpaired) electrons. The summed E-state index contributed by atoms with van der Waals surface area (Å²) in [5, 5.41) is 3.06. The molecule has 1 atom stereocenters. The zero-order chi connectivity index (χ0) is 21.1. The third-order valence-electron chi connectivity index (χ3n) is 6.00. The standard InChI is InChI=1S/C23H25FN2O4/c1-29-20-7-5-19(6-8-20)26-15-18(14-21(26)27)25-22(28)23(9-11-30-12-10-23)16-3-2-4-17(24)13-16/h2-8,13,18H,9-12,14-15H2,1H3,(H,25,28)/t18-/m1/s1. The summed E-state index contributed by atoms with van der Waals surface area (Å²) in [6.45, 7) is 1.27. The van der Waals surface area contributed by atoms with Crippen LogP contribution in [0.1, 0.15) is 24.8 Å². The topological polar surface area (TPSA) is 67.9 Å². The lowest BCUT2D eigenvalue weighted by Gasteiger charge is -2.37. The Bertz CT molecular complexity index is 925. The number of nitrogens with one attached hydrogen (secondary N) is 1. The number of rotatable bonds is 5. The predicted octanol–water partition coefficient (Wildman–Crippen LogP) is 2.80. The van der Waals surface area contributed by atoms with E-state index in [1.807, 2.05) is 12.1 Å². The lowest BCUT2D eigenvalue weighted by Crippen LogP contribution is -2.51. The summed E-state index contributed by atoms with van der Waals surface area (Å²) in [5.74, 6) is 0.128. The lowest BCUT2D eigenvalue weighted by molar-refractivity contribution is -0.131. The summed E-state index contributed by atoms with van der Waals surface area (Å²) >= 11 is 0. The van der Waals surface area contributed by atoms with Gasteiger partial charge in [-0.25, -0.2) is 4.39 Å². The minimum absolute atomic E-state index is 0.0442. The van der Waals surface area contributed by atoms with Crippen molar-refractivity contribution in [2.75, 3.05) is 31.8 Å². The van der Waals surface area contributed by atoms with Gasteiger partial charge in [0.2, 0.25) is 11.8 Å². The van der Waals surface area contributed by atoms with Crippen LogP contribution >= 0.6 is 0 Å². The molecule has 2 amide bonds. The zero-order valence-corrected chi connectivity index (χ0v) is 16.9. The Balaban J connectivity index is 1.51. The average Bonchev–Trinajstić information content (AvgIpc) is 3.14.